The monoisotopic (exact) mass is 572 g/mol. The van der Waals surface area contributed by atoms with E-state index in [0.717, 1.165) is 28.2 Å². The number of methoxy groups -OCH3 is 1. The first kappa shape index (κ1) is 29.4. The average Bonchev–Trinajstić information content (AvgIpc) is 3.32. The van der Waals surface area contributed by atoms with Gasteiger partial charge in [-0.05, 0) is 24.3 Å². The Balaban J connectivity index is 1.59. The van der Waals surface area contributed by atoms with Crippen molar-refractivity contribution in [3.63, 3.8) is 0 Å². The van der Waals surface area contributed by atoms with Gasteiger partial charge in [0.15, 0.2) is 6.61 Å². The lowest BCUT2D eigenvalue weighted by Gasteiger charge is -2.25. The summed E-state index contributed by atoms with van der Waals surface area (Å²) in [6, 6.07) is 13.4. The first-order chi connectivity index (χ1) is 20.2. The number of benzene rings is 2. The van der Waals surface area contributed by atoms with E-state index in [9.17, 15) is 14.4 Å². The van der Waals surface area contributed by atoms with Crippen molar-refractivity contribution in [3.05, 3.63) is 67.5 Å². The van der Waals surface area contributed by atoms with Crippen LogP contribution in [0.4, 0.5) is 27.8 Å². The molecule has 2 aromatic carbocycles. The molecule has 42 heavy (non-hydrogen) atoms. The van der Waals surface area contributed by atoms with Crippen LogP contribution < -0.4 is 31.3 Å². The molecule has 0 radical (unpaired) electrons. The number of nitrogens with two attached hydrogens (primary N) is 1. The van der Waals surface area contributed by atoms with E-state index in [0.29, 0.717) is 35.3 Å². The fourth-order valence-electron chi connectivity index (χ4n) is 4.34. The Morgan fingerprint density at radius 1 is 1.17 bits per heavy atom. The van der Waals surface area contributed by atoms with Crippen LogP contribution in [0.2, 0.25) is 0 Å². The Morgan fingerprint density at radius 2 is 1.95 bits per heavy atom. The summed E-state index contributed by atoms with van der Waals surface area (Å²) in [4.78, 5) is 45.8. The molecule has 0 saturated carbocycles. The number of fused-ring (bicyclic) bond motifs is 1. The summed E-state index contributed by atoms with van der Waals surface area (Å²) in [7, 11) is 5.30. The number of carbonyl (C=O) groups is 3. The molecule has 13 heteroatoms. The molecule has 5 N–H and O–H groups in total. The van der Waals surface area contributed by atoms with Crippen molar-refractivity contribution in [2.75, 3.05) is 49.4 Å². The summed E-state index contributed by atoms with van der Waals surface area (Å²) < 4.78 is 12.2. The molecule has 0 bridgehead atoms. The van der Waals surface area contributed by atoms with Crippen molar-refractivity contribution < 1.29 is 23.9 Å². The number of hydrogen-bond acceptors (Lipinski definition) is 9. The van der Waals surface area contributed by atoms with E-state index in [2.05, 4.69) is 32.3 Å². The van der Waals surface area contributed by atoms with Crippen LogP contribution in [0.5, 0.6) is 5.75 Å². The van der Waals surface area contributed by atoms with Gasteiger partial charge in [0.2, 0.25) is 11.9 Å². The quantitative estimate of drug-likeness (QED) is 0.187. The molecule has 0 unspecified atom stereocenters. The molecule has 0 atom stereocenters. The van der Waals surface area contributed by atoms with Crippen LogP contribution in [-0.2, 0) is 21.4 Å². The lowest BCUT2D eigenvalue weighted by atomic mass is 10.1. The van der Waals surface area contributed by atoms with Gasteiger partial charge in [0, 0.05) is 62.1 Å². The summed E-state index contributed by atoms with van der Waals surface area (Å²) in [6.45, 7) is 3.64. The largest absolute Gasteiger partial charge is 0.494 e. The third kappa shape index (κ3) is 6.94. The zero-order valence-corrected chi connectivity index (χ0v) is 23.5. The molecule has 13 nitrogen and oxygen atoms in total. The van der Waals surface area contributed by atoms with Crippen molar-refractivity contribution in [2.24, 2.45) is 12.8 Å². The van der Waals surface area contributed by atoms with E-state index in [1.807, 2.05) is 53.0 Å². The molecule has 0 aliphatic heterocycles. The fourth-order valence-corrected chi connectivity index (χ4v) is 4.34. The van der Waals surface area contributed by atoms with Gasteiger partial charge in [-0.1, -0.05) is 24.8 Å². The summed E-state index contributed by atoms with van der Waals surface area (Å²) in [5.41, 5.74) is 9.26. The first-order valence-corrected chi connectivity index (χ1v) is 12.9. The Labute approximate surface area is 242 Å². The molecule has 4 aromatic rings. The van der Waals surface area contributed by atoms with Gasteiger partial charge < -0.3 is 40.6 Å². The Bertz CT molecular complexity index is 1630. The van der Waals surface area contributed by atoms with Gasteiger partial charge in [0.25, 0.3) is 5.91 Å². The standard InChI is InChI=1S/C29H32N8O5/c1-5-26(38)33-21-14-22(25(41-4)15-24(21)36(2)13-12-31-27(39)17-42-28(30)40)35-29-32-11-10-20(34-29)19-16-37(3)23-9-7-6-8-18(19)23/h5-11,14-16H,1,12-13,17H2,2-4H3,(H2,30,40)(H,31,39)(H,33,38)(H,32,34,35). The topological polar surface area (TPSA) is 166 Å². The van der Waals surface area contributed by atoms with Crippen molar-refractivity contribution in [1.29, 1.82) is 0 Å². The number of para-hydroxylation sites is 1. The van der Waals surface area contributed by atoms with Crippen LogP contribution in [0.15, 0.2) is 67.5 Å². The smallest absolute Gasteiger partial charge is 0.405 e. The number of nitrogens with one attached hydrogen (secondary N) is 3. The molecule has 0 aliphatic rings. The maximum Gasteiger partial charge on any atom is 0.405 e. The summed E-state index contributed by atoms with van der Waals surface area (Å²) in [5.74, 6) is -0.106. The Morgan fingerprint density at radius 3 is 2.69 bits per heavy atom. The van der Waals surface area contributed by atoms with Crippen LogP contribution >= 0.6 is 0 Å². The number of rotatable bonds is 12. The summed E-state index contributed by atoms with van der Waals surface area (Å²) in [6.07, 6.45) is 3.83. The van der Waals surface area contributed by atoms with Crippen LogP contribution in [0.3, 0.4) is 0 Å². The molecule has 4 rings (SSSR count). The fraction of sp³-hybridized carbons (Fsp3) is 0.207. The maximum atomic E-state index is 12.3. The zero-order chi connectivity index (χ0) is 30.2. The summed E-state index contributed by atoms with van der Waals surface area (Å²) >= 11 is 0. The number of aryl methyl sites for hydroxylation is 1. The summed E-state index contributed by atoms with van der Waals surface area (Å²) in [5, 5.41) is 9.73. The number of carbonyl (C=O) groups excluding carboxylic acids is 3. The minimum atomic E-state index is -1.03. The third-order valence-corrected chi connectivity index (χ3v) is 6.36. The Kier molecular flexibility index (Phi) is 9.22. The number of likely N-dealkylation sites (N-methyl/N-ethyl adjacent to an activating group) is 1. The first-order valence-electron chi connectivity index (χ1n) is 12.9. The highest BCUT2D eigenvalue weighted by Gasteiger charge is 2.17. The van der Waals surface area contributed by atoms with Gasteiger partial charge in [0.05, 0.1) is 29.9 Å². The normalized spacial score (nSPS) is 10.5. The zero-order valence-electron chi connectivity index (χ0n) is 23.5. The van der Waals surface area contributed by atoms with E-state index >= 15 is 0 Å². The lowest BCUT2D eigenvalue weighted by molar-refractivity contribution is -0.123. The predicted molar refractivity (Wildman–Crippen MR) is 161 cm³/mol. The van der Waals surface area contributed by atoms with Gasteiger partial charge in [-0.2, -0.15) is 0 Å². The average molecular weight is 573 g/mol. The minimum Gasteiger partial charge on any atom is -0.494 e. The number of anilines is 4. The molecule has 0 saturated heterocycles. The molecule has 0 aliphatic carbocycles. The SMILES string of the molecule is C=CC(=O)Nc1cc(Nc2nccc(-c3cn(C)c4ccccc34)n2)c(OC)cc1N(C)CCNC(=O)COC(N)=O. The molecule has 0 spiro atoms. The second-order valence-corrected chi connectivity index (χ2v) is 9.20. The number of hydrogen-bond donors (Lipinski definition) is 4. The second kappa shape index (κ2) is 13.2. The molecule has 2 aromatic heterocycles. The Hall–Kier alpha value is -5.59. The van der Waals surface area contributed by atoms with Gasteiger partial charge in [-0.15, -0.1) is 0 Å². The number of aromatic nitrogens is 3. The van der Waals surface area contributed by atoms with E-state index < -0.39 is 24.5 Å². The van der Waals surface area contributed by atoms with Crippen molar-refractivity contribution in [1.82, 2.24) is 19.9 Å². The van der Waals surface area contributed by atoms with Gasteiger partial charge >= 0.3 is 6.09 Å². The van der Waals surface area contributed by atoms with Crippen molar-refractivity contribution in [2.45, 2.75) is 0 Å². The molecule has 0 fully saturated rings. The van der Waals surface area contributed by atoms with Gasteiger partial charge in [0.1, 0.15) is 5.75 Å². The second-order valence-electron chi connectivity index (χ2n) is 9.20. The van der Waals surface area contributed by atoms with Gasteiger partial charge in [-0.3, -0.25) is 9.59 Å². The number of nitrogens with zero attached hydrogens (tertiary/aromatic N) is 4. The van der Waals surface area contributed by atoms with E-state index in [1.165, 1.54) is 7.11 Å². The van der Waals surface area contributed by atoms with Crippen LogP contribution in [0.1, 0.15) is 0 Å². The van der Waals surface area contributed by atoms with Crippen LogP contribution in [-0.4, -0.2) is 66.3 Å². The molecular formula is C29H32N8O5. The minimum absolute atomic E-state index is 0.226. The highest BCUT2D eigenvalue weighted by Crippen LogP contribution is 2.38. The number of ether oxygens (including phenoxy) is 2. The van der Waals surface area contributed by atoms with Crippen LogP contribution in [0, 0.1) is 0 Å². The maximum absolute atomic E-state index is 12.3. The van der Waals surface area contributed by atoms with Crippen LogP contribution in [0.25, 0.3) is 22.2 Å². The van der Waals surface area contributed by atoms with E-state index in [4.69, 9.17) is 15.5 Å². The molecule has 3 amide bonds. The van der Waals surface area contributed by atoms with E-state index in [1.54, 1.807) is 25.4 Å². The molecule has 2 heterocycles. The van der Waals surface area contributed by atoms with Crippen molar-refractivity contribution >= 4 is 51.8 Å². The highest BCUT2D eigenvalue weighted by atomic mass is 16.5. The third-order valence-electron chi connectivity index (χ3n) is 6.36. The number of primary amides is 1. The molecular weight excluding hydrogens is 540 g/mol. The highest BCUT2D eigenvalue weighted by molar-refractivity contribution is 6.02. The predicted octanol–water partition coefficient (Wildman–Crippen LogP) is 3.16. The number of amides is 3. The van der Waals surface area contributed by atoms with Gasteiger partial charge in [-0.25, -0.2) is 14.8 Å². The lowest BCUT2D eigenvalue weighted by Crippen LogP contribution is -2.36. The van der Waals surface area contributed by atoms with Crippen molar-refractivity contribution in [3.8, 4) is 17.0 Å². The van der Waals surface area contributed by atoms with E-state index in [-0.39, 0.29) is 6.54 Å². The molecule has 218 valence electrons.